The van der Waals surface area contributed by atoms with E-state index in [9.17, 15) is 10.0 Å². The monoisotopic (exact) mass is 254 g/mol. The summed E-state index contributed by atoms with van der Waals surface area (Å²) in [5, 5.41) is 10.1. The number of nitrogens with one attached hydrogen (secondary N) is 1. The van der Waals surface area contributed by atoms with Crippen LogP contribution in [-0.4, -0.2) is 28.1 Å². The number of rotatable bonds is 7. The van der Waals surface area contributed by atoms with E-state index in [2.05, 4.69) is 18.1 Å². The summed E-state index contributed by atoms with van der Waals surface area (Å²) in [6, 6.07) is 9.11. The Morgan fingerprint density at radius 1 is 1.47 bits per heavy atom. The molecule has 0 aliphatic carbocycles. The summed E-state index contributed by atoms with van der Waals surface area (Å²) in [5.74, 6) is 0. The van der Waals surface area contributed by atoms with Crippen LogP contribution in [0, 0.1) is 0 Å². The van der Waals surface area contributed by atoms with E-state index in [-0.39, 0.29) is 5.12 Å². The SMILES string of the molecule is CCCN(O)NC(Cc1ccccc1)C(=O)S. The maximum absolute atomic E-state index is 11.4. The highest BCUT2D eigenvalue weighted by Gasteiger charge is 2.17. The molecule has 0 saturated heterocycles. The van der Waals surface area contributed by atoms with E-state index < -0.39 is 6.04 Å². The first-order valence-electron chi connectivity index (χ1n) is 5.62. The van der Waals surface area contributed by atoms with E-state index in [1.807, 2.05) is 37.3 Å². The highest BCUT2D eigenvalue weighted by molar-refractivity contribution is 7.96. The van der Waals surface area contributed by atoms with Crippen molar-refractivity contribution in [3.63, 3.8) is 0 Å². The molecule has 1 atom stereocenters. The molecule has 0 aliphatic rings. The zero-order chi connectivity index (χ0) is 12.7. The molecule has 1 aromatic rings. The van der Waals surface area contributed by atoms with Crippen molar-refractivity contribution in [2.24, 2.45) is 0 Å². The lowest BCUT2D eigenvalue weighted by Crippen LogP contribution is -2.47. The Bertz CT molecular complexity index is 346. The fourth-order valence-electron chi connectivity index (χ4n) is 1.49. The van der Waals surface area contributed by atoms with E-state index in [4.69, 9.17) is 0 Å². The number of benzene rings is 1. The van der Waals surface area contributed by atoms with Crippen molar-refractivity contribution < 1.29 is 10.0 Å². The zero-order valence-corrected chi connectivity index (χ0v) is 10.7. The molecule has 5 heteroatoms. The average molecular weight is 254 g/mol. The summed E-state index contributed by atoms with van der Waals surface area (Å²) in [7, 11) is 0. The number of thiol groups is 1. The van der Waals surface area contributed by atoms with Crippen LogP contribution < -0.4 is 5.43 Å². The molecule has 0 saturated carbocycles. The number of hydrazine groups is 1. The number of hydrogen-bond donors (Lipinski definition) is 3. The smallest absolute Gasteiger partial charge is 0.204 e. The minimum atomic E-state index is -0.516. The molecule has 4 nitrogen and oxygen atoms in total. The first kappa shape index (κ1) is 14.2. The topological polar surface area (TPSA) is 52.6 Å². The second-order valence-corrected chi connectivity index (χ2v) is 4.27. The Balaban J connectivity index is 2.58. The second-order valence-electron chi connectivity index (χ2n) is 3.83. The van der Waals surface area contributed by atoms with Crippen molar-refractivity contribution in [3.05, 3.63) is 35.9 Å². The summed E-state index contributed by atoms with van der Waals surface area (Å²) in [4.78, 5) is 11.4. The molecule has 0 aromatic heterocycles. The lowest BCUT2D eigenvalue weighted by molar-refractivity contribution is -0.151. The quantitative estimate of drug-likeness (QED) is 0.512. The zero-order valence-electron chi connectivity index (χ0n) is 9.84. The van der Waals surface area contributed by atoms with Crippen molar-refractivity contribution in [3.8, 4) is 0 Å². The third-order valence-corrected chi connectivity index (χ3v) is 2.63. The average Bonchev–Trinajstić information content (AvgIpc) is 2.29. The van der Waals surface area contributed by atoms with Gasteiger partial charge in [0, 0.05) is 6.54 Å². The van der Waals surface area contributed by atoms with E-state index >= 15 is 0 Å². The lowest BCUT2D eigenvalue weighted by Gasteiger charge is -2.21. The molecule has 1 rings (SSSR count). The van der Waals surface area contributed by atoms with Gasteiger partial charge in [-0.05, 0) is 18.4 Å². The summed E-state index contributed by atoms with van der Waals surface area (Å²) in [6.07, 6.45) is 1.30. The van der Waals surface area contributed by atoms with Crippen molar-refractivity contribution in [1.82, 2.24) is 10.6 Å². The minimum Gasteiger partial charge on any atom is -0.299 e. The molecule has 17 heavy (non-hydrogen) atoms. The molecular weight excluding hydrogens is 236 g/mol. The minimum absolute atomic E-state index is 0.288. The van der Waals surface area contributed by atoms with Crippen LogP contribution >= 0.6 is 12.6 Å². The fraction of sp³-hybridized carbons (Fsp3) is 0.417. The Hall–Kier alpha value is -0.880. The molecule has 0 aliphatic heterocycles. The Labute approximate surface area is 107 Å². The fourth-order valence-corrected chi connectivity index (χ4v) is 1.64. The maximum atomic E-state index is 11.4. The van der Waals surface area contributed by atoms with Gasteiger partial charge in [-0.2, -0.15) is 0 Å². The first-order chi connectivity index (χ1) is 8.13. The summed E-state index contributed by atoms with van der Waals surface area (Å²) >= 11 is 3.83. The van der Waals surface area contributed by atoms with Crippen molar-refractivity contribution in [2.75, 3.05) is 6.54 Å². The Morgan fingerprint density at radius 3 is 2.65 bits per heavy atom. The third kappa shape index (κ3) is 5.32. The van der Waals surface area contributed by atoms with Crippen LogP contribution in [0.2, 0.25) is 0 Å². The van der Waals surface area contributed by atoms with E-state index in [1.54, 1.807) is 0 Å². The summed E-state index contributed by atoms with van der Waals surface area (Å²) < 4.78 is 0. The largest absolute Gasteiger partial charge is 0.299 e. The normalized spacial score (nSPS) is 12.7. The third-order valence-electron chi connectivity index (χ3n) is 2.32. The van der Waals surface area contributed by atoms with Gasteiger partial charge in [-0.15, -0.1) is 17.8 Å². The maximum Gasteiger partial charge on any atom is 0.204 e. The molecule has 0 radical (unpaired) electrons. The lowest BCUT2D eigenvalue weighted by atomic mass is 10.1. The number of hydroxylamine groups is 1. The molecule has 1 aromatic carbocycles. The number of carbonyl (C=O) groups is 1. The molecule has 0 bridgehead atoms. The highest BCUT2D eigenvalue weighted by Crippen LogP contribution is 2.05. The van der Waals surface area contributed by atoms with E-state index in [0.717, 1.165) is 17.2 Å². The molecule has 1 unspecified atom stereocenters. The Morgan fingerprint density at radius 2 is 2.12 bits per heavy atom. The number of carbonyl (C=O) groups excluding carboxylic acids is 1. The molecule has 0 amide bonds. The molecule has 0 spiro atoms. The van der Waals surface area contributed by atoms with Gasteiger partial charge in [-0.1, -0.05) is 37.3 Å². The van der Waals surface area contributed by atoms with Gasteiger partial charge in [0.25, 0.3) is 0 Å². The van der Waals surface area contributed by atoms with E-state index in [0.29, 0.717) is 13.0 Å². The van der Waals surface area contributed by atoms with Crippen LogP contribution in [0.1, 0.15) is 18.9 Å². The predicted octanol–water partition coefficient (Wildman–Crippen LogP) is 1.66. The predicted molar refractivity (Wildman–Crippen MR) is 69.8 cm³/mol. The summed E-state index contributed by atoms with van der Waals surface area (Å²) in [6.45, 7) is 2.41. The van der Waals surface area contributed by atoms with Gasteiger partial charge in [0.05, 0.1) is 6.04 Å². The van der Waals surface area contributed by atoms with Gasteiger partial charge < -0.3 is 0 Å². The number of nitrogens with zero attached hydrogens (tertiary/aromatic N) is 1. The molecular formula is C12H18N2O2S. The first-order valence-corrected chi connectivity index (χ1v) is 6.07. The second kappa shape index (κ2) is 7.45. The van der Waals surface area contributed by atoms with Crippen LogP contribution in [0.4, 0.5) is 0 Å². The van der Waals surface area contributed by atoms with Crippen LogP contribution in [0.25, 0.3) is 0 Å². The van der Waals surface area contributed by atoms with Gasteiger partial charge in [0.2, 0.25) is 5.12 Å². The van der Waals surface area contributed by atoms with Gasteiger partial charge in [0.15, 0.2) is 0 Å². The van der Waals surface area contributed by atoms with Gasteiger partial charge in [-0.25, -0.2) is 5.43 Å². The van der Waals surface area contributed by atoms with Gasteiger partial charge in [0.1, 0.15) is 0 Å². The van der Waals surface area contributed by atoms with E-state index in [1.165, 1.54) is 0 Å². The van der Waals surface area contributed by atoms with Crippen LogP contribution in [-0.2, 0) is 11.2 Å². The molecule has 0 fully saturated rings. The molecule has 2 N–H and O–H groups in total. The number of hydrogen-bond acceptors (Lipinski definition) is 4. The van der Waals surface area contributed by atoms with Crippen LogP contribution in [0.5, 0.6) is 0 Å². The standard InChI is InChI=1S/C12H18N2O2S/c1-2-8-14(16)13-11(12(15)17)9-10-6-4-3-5-7-10/h3-7,11,13,16H,2,8-9H2,1H3,(H,15,17). The van der Waals surface area contributed by atoms with Crippen LogP contribution in [0.15, 0.2) is 30.3 Å². The van der Waals surface area contributed by atoms with Gasteiger partial charge in [-0.3, -0.25) is 10.0 Å². The van der Waals surface area contributed by atoms with Crippen molar-refractivity contribution in [2.45, 2.75) is 25.8 Å². The highest BCUT2D eigenvalue weighted by atomic mass is 32.1. The van der Waals surface area contributed by atoms with Crippen LogP contribution in [0.3, 0.4) is 0 Å². The molecule has 94 valence electrons. The Kier molecular flexibility index (Phi) is 6.21. The molecule has 0 heterocycles. The van der Waals surface area contributed by atoms with Crippen molar-refractivity contribution >= 4 is 17.7 Å². The van der Waals surface area contributed by atoms with Crippen molar-refractivity contribution in [1.29, 1.82) is 0 Å². The summed E-state index contributed by atoms with van der Waals surface area (Å²) in [5.41, 5.74) is 3.75. The van der Waals surface area contributed by atoms with Gasteiger partial charge >= 0.3 is 0 Å².